The van der Waals surface area contributed by atoms with Gasteiger partial charge in [0.2, 0.25) is 5.91 Å². The van der Waals surface area contributed by atoms with Crippen LogP contribution in [0.25, 0.3) is 0 Å². The predicted molar refractivity (Wildman–Crippen MR) is 68.6 cm³/mol. The number of carbonyl (C=O) groups is 2. The van der Waals surface area contributed by atoms with E-state index in [0.717, 1.165) is 6.08 Å². The van der Waals surface area contributed by atoms with Crippen LogP contribution in [0.4, 0.5) is 13.2 Å². The summed E-state index contributed by atoms with van der Waals surface area (Å²) in [6, 6.07) is 1.08. The van der Waals surface area contributed by atoms with Crippen molar-refractivity contribution in [3.05, 3.63) is 46.9 Å². The van der Waals surface area contributed by atoms with E-state index in [-0.39, 0.29) is 24.3 Å². The summed E-state index contributed by atoms with van der Waals surface area (Å²) in [6.45, 7) is 2.92. The van der Waals surface area contributed by atoms with Gasteiger partial charge in [-0.25, -0.2) is 18.0 Å². The molecule has 0 bridgehead atoms. The number of nitrogens with one attached hydrogen (secondary N) is 1. The van der Waals surface area contributed by atoms with Crippen LogP contribution in [0.2, 0.25) is 0 Å². The number of esters is 1. The molecule has 0 saturated carbocycles. The number of allylic oxidation sites excluding steroid dienone is 1. The van der Waals surface area contributed by atoms with Crippen LogP contribution in [0.1, 0.15) is 19.4 Å². The molecule has 0 aliphatic rings. The third kappa shape index (κ3) is 5.29. The molecule has 0 fully saturated rings. The van der Waals surface area contributed by atoms with Gasteiger partial charge < -0.3 is 10.1 Å². The number of halogens is 3. The quantitative estimate of drug-likeness (QED) is 0.515. The molecule has 0 unspecified atom stereocenters. The monoisotopic (exact) mass is 301 g/mol. The average Bonchev–Trinajstić information content (AvgIpc) is 2.35. The van der Waals surface area contributed by atoms with E-state index in [2.05, 4.69) is 10.1 Å². The maximum Gasteiger partial charge on any atom is 0.332 e. The largest absolute Gasteiger partial charge is 0.463 e. The summed E-state index contributed by atoms with van der Waals surface area (Å²) in [7, 11) is 0. The van der Waals surface area contributed by atoms with Gasteiger partial charge in [0.15, 0.2) is 11.6 Å². The normalized spacial score (nSPS) is 11.2. The van der Waals surface area contributed by atoms with Gasteiger partial charge in [0.1, 0.15) is 5.82 Å². The van der Waals surface area contributed by atoms with Crippen molar-refractivity contribution in [1.82, 2.24) is 5.32 Å². The van der Waals surface area contributed by atoms with E-state index >= 15 is 0 Å². The lowest BCUT2D eigenvalue weighted by Crippen LogP contribution is -2.22. The zero-order valence-corrected chi connectivity index (χ0v) is 11.5. The molecule has 4 nitrogen and oxygen atoms in total. The Morgan fingerprint density at radius 1 is 1.19 bits per heavy atom. The Balaban J connectivity index is 3.04. The zero-order chi connectivity index (χ0) is 16.0. The van der Waals surface area contributed by atoms with Gasteiger partial charge in [-0.1, -0.05) is 0 Å². The summed E-state index contributed by atoms with van der Waals surface area (Å²) in [5, 5.41) is 2.32. The SMILES string of the molecule is CCOC(=O)/C=C(/Cc1cc(F)c(F)cc1F)NC(C)=O. The van der Waals surface area contributed by atoms with E-state index in [1.54, 1.807) is 6.92 Å². The minimum Gasteiger partial charge on any atom is -0.463 e. The van der Waals surface area contributed by atoms with Gasteiger partial charge >= 0.3 is 5.97 Å². The summed E-state index contributed by atoms with van der Waals surface area (Å²) in [6.07, 6.45) is 0.674. The van der Waals surface area contributed by atoms with E-state index in [1.807, 2.05) is 0 Å². The first-order chi connectivity index (χ1) is 9.83. The third-order valence-electron chi connectivity index (χ3n) is 2.39. The maximum absolute atomic E-state index is 13.6. The summed E-state index contributed by atoms with van der Waals surface area (Å²) in [4.78, 5) is 22.4. The molecular formula is C14H14F3NO3. The highest BCUT2D eigenvalue weighted by molar-refractivity contribution is 5.84. The smallest absolute Gasteiger partial charge is 0.332 e. The van der Waals surface area contributed by atoms with E-state index in [0.29, 0.717) is 12.1 Å². The van der Waals surface area contributed by atoms with Crippen molar-refractivity contribution >= 4 is 11.9 Å². The summed E-state index contributed by atoms with van der Waals surface area (Å²) >= 11 is 0. The Morgan fingerprint density at radius 2 is 1.81 bits per heavy atom. The second kappa shape index (κ2) is 7.47. The lowest BCUT2D eigenvalue weighted by molar-refractivity contribution is -0.137. The molecule has 1 rings (SSSR count). The van der Waals surface area contributed by atoms with Crippen molar-refractivity contribution in [3.8, 4) is 0 Å². The zero-order valence-electron chi connectivity index (χ0n) is 11.5. The second-order valence-corrected chi connectivity index (χ2v) is 4.14. The van der Waals surface area contributed by atoms with Crippen LogP contribution in [0, 0.1) is 17.5 Å². The molecular weight excluding hydrogens is 287 g/mol. The first-order valence-corrected chi connectivity index (χ1v) is 6.11. The van der Waals surface area contributed by atoms with E-state index < -0.39 is 29.3 Å². The summed E-state index contributed by atoms with van der Waals surface area (Å²) in [5.74, 6) is -4.73. The minimum atomic E-state index is -1.31. The van der Waals surface area contributed by atoms with Crippen LogP contribution in [-0.4, -0.2) is 18.5 Å². The summed E-state index contributed by atoms with van der Waals surface area (Å²) in [5.41, 5.74) is -0.177. The van der Waals surface area contributed by atoms with Crippen LogP contribution in [0.15, 0.2) is 23.9 Å². The highest BCUT2D eigenvalue weighted by Gasteiger charge is 2.13. The van der Waals surface area contributed by atoms with Gasteiger partial charge in [-0.05, 0) is 18.6 Å². The molecule has 114 valence electrons. The van der Waals surface area contributed by atoms with Crippen molar-refractivity contribution in [2.75, 3.05) is 6.61 Å². The van der Waals surface area contributed by atoms with E-state index in [1.165, 1.54) is 6.92 Å². The molecule has 0 aliphatic carbocycles. The Morgan fingerprint density at radius 3 is 2.38 bits per heavy atom. The minimum absolute atomic E-state index is 0.0193. The molecule has 1 aromatic carbocycles. The Kier molecular flexibility index (Phi) is 5.95. The number of hydrogen-bond donors (Lipinski definition) is 1. The van der Waals surface area contributed by atoms with Crippen molar-refractivity contribution in [2.45, 2.75) is 20.3 Å². The van der Waals surface area contributed by atoms with Gasteiger partial charge in [-0.3, -0.25) is 4.79 Å². The molecule has 0 heterocycles. The molecule has 0 aliphatic heterocycles. The van der Waals surface area contributed by atoms with Crippen LogP contribution in [0.3, 0.4) is 0 Å². The molecule has 1 amide bonds. The lowest BCUT2D eigenvalue weighted by Gasteiger charge is -2.10. The predicted octanol–water partition coefficient (Wildman–Crippen LogP) is 2.23. The molecule has 1 N–H and O–H groups in total. The molecule has 1 aromatic rings. The maximum atomic E-state index is 13.6. The number of hydrogen-bond acceptors (Lipinski definition) is 3. The molecule has 7 heteroatoms. The molecule has 0 aromatic heterocycles. The van der Waals surface area contributed by atoms with Crippen LogP contribution in [0.5, 0.6) is 0 Å². The highest BCUT2D eigenvalue weighted by atomic mass is 19.2. The van der Waals surface area contributed by atoms with Crippen LogP contribution >= 0.6 is 0 Å². The fourth-order valence-electron chi connectivity index (χ4n) is 1.59. The van der Waals surface area contributed by atoms with Crippen LogP contribution in [-0.2, 0) is 20.7 Å². The standard InChI is InChI=1S/C14H14F3NO3/c1-3-21-14(20)6-10(18-8(2)19)4-9-5-12(16)13(17)7-11(9)15/h5-7H,3-4H2,1-2H3,(H,18,19)/b10-6-. The Labute approximate surface area is 119 Å². The molecule has 0 atom stereocenters. The van der Waals surface area contributed by atoms with Crippen molar-refractivity contribution < 1.29 is 27.5 Å². The van der Waals surface area contributed by atoms with Crippen molar-refractivity contribution in [2.24, 2.45) is 0 Å². The highest BCUT2D eigenvalue weighted by Crippen LogP contribution is 2.16. The number of amides is 1. The first-order valence-electron chi connectivity index (χ1n) is 6.11. The lowest BCUT2D eigenvalue weighted by atomic mass is 10.1. The fourth-order valence-corrected chi connectivity index (χ4v) is 1.59. The van der Waals surface area contributed by atoms with Crippen LogP contribution < -0.4 is 5.32 Å². The van der Waals surface area contributed by atoms with Gasteiger partial charge in [-0.15, -0.1) is 0 Å². The van der Waals surface area contributed by atoms with Gasteiger partial charge in [-0.2, -0.15) is 0 Å². The molecule has 0 spiro atoms. The number of rotatable bonds is 5. The Bertz CT molecular complexity index is 585. The second-order valence-electron chi connectivity index (χ2n) is 4.14. The molecule has 21 heavy (non-hydrogen) atoms. The average molecular weight is 301 g/mol. The molecule has 0 radical (unpaired) electrons. The van der Waals surface area contributed by atoms with E-state index in [4.69, 9.17) is 0 Å². The summed E-state index contributed by atoms with van der Waals surface area (Å²) < 4.78 is 44.2. The van der Waals surface area contributed by atoms with Gasteiger partial charge in [0.25, 0.3) is 0 Å². The number of carbonyl (C=O) groups excluding carboxylic acids is 2. The van der Waals surface area contributed by atoms with E-state index in [9.17, 15) is 22.8 Å². The Hall–Kier alpha value is -2.31. The number of ether oxygens (including phenoxy) is 1. The first kappa shape index (κ1) is 16.7. The third-order valence-corrected chi connectivity index (χ3v) is 2.39. The number of benzene rings is 1. The van der Waals surface area contributed by atoms with Crippen molar-refractivity contribution in [3.63, 3.8) is 0 Å². The van der Waals surface area contributed by atoms with Gasteiger partial charge in [0.05, 0.1) is 6.61 Å². The topological polar surface area (TPSA) is 55.4 Å². The van der Waals surface area contributed by atoms with Gasteiger partial charge in [0, 0.05) is 31.2 Å². The van der Waals surface area contributed by atoms with Crippen molar-refractivity contribution in [1.29, 1.82) is 0 Å². The fraction of sp³-hybridized carbons (Fsp3) is 0.286. The molecule has 0 saturated heterocycles.